The molecule has 0 saturated carbocycles. The van der Waals surface area contributed by atoms with Crippen LogP contribution in [0, 0.1) is 11.8 Å². The highest BCUT2D eigenvalue weighted by molar-refractivity contribution is 7.85. The number of carbonyl (C=O) groups is 1. The fraction of sp³-hybridized carbons (Fsp3) is 0.562. The predicted octanol–water partition coefficient (Wildman–Crippen LogP) is 2.93. The summed E-state index contributed by atoms with van der Waals surface area (Å²) in [7, 11) is -1.25. The molecule has 0 fully saturated rings. The summed E-state index contributed by atoms with van der Waals surface area (Å²) in [6.45, 7) is 9.82. The van der Waals surface area contributed by atoms with Gasteiger partial charge in [0, 0.05) is 18.0 Å². The lowest BCUT2D eigenvalue weighted by molar-refractivity contribution is -0.129. The topological polar surface area (TPSA) is 37.4 Å². The normalized spacial score (nSPS) is 12.7. The van der Waals surface area contributed by atoms with Crippen LogP contribution in [-0.2, 0) is 15.6 Å². The van der Waals surface area contributed by atoms with E-state index in [4.69, 9.17) is 0 Å². The van der Waals surface area contributed by atoms with E-state index in [1.165, 1.54) is 0 Å². The molecule has 0 N–H and O–H groups in total. The number of carbonyl (C=O) groups excluding carboxylic acids is 1. The van der Waals surface area contributed by atoms with Crippen molar-refractivity contribution in [2.75, 3.05) is 18.8 Å². The van der Waals surface area contributed by atoms with Gasteiger partial charge >= 0.3 is 0 Å². The second kappa shape index (κ2) is 8.20. The Bertz CT molecular complexity index is 433. The van der Waals surface area contributed by atoms with Crippen LogP contribution in [0.15, 0.2) is 35.2 Å². The first-order valence-electron chi connectivity index (χ1n) is 7.11. The Morgan fingerprint density at radius 1 is 1.05 bits per heavy atom. The van der Waals surface area contributed by atoms with E-state index in [0.717, 1.165) is 18.0 Å². The Hall–Kier alpha value is -1.16. The molecule has 0 saturated heterocycles. The monoisotopic (exact) mass is 295 g/mol. The largest absolute Gasteiger partial charge is 0.341 e. The van der Waals surface area contributed by atoms with Crippen molar-refractivity contribution in [2.45, 2.75) is 32.6 Å². The third-order valence-corrected chi connectivity index (χ3v) is 4.09. The number of benzene rings is 1. The molecule has 0 aliphatic heterocycles. The smallest absolute Gasteiger partial charge is 0.235 e. The Kier molecular flexibility index (Phi) is 6.93. The van der Waals surface area contributed by atoms with E-state index in [1.54, 1.807) is 12.1 Å². The fourth-order valence-corrected chi connectivity index (χ4v) is 3.05. The van der Waals surface area contributed by atoms with Crippen molar-refractivity contribution in [2.24, 2.45) is 11.8 Å². The SMILES string of the molecule is CC(C)CN(CC(C)C)C(=O)CS(=O)c1ccccc1. The van der Waals surface area contributed by atoms with E-state index >= 15 is 0 Å². The molecule has 0 bridgehead atoms. The van der Waals surface area contributed by atoms with Gasteiger partial charge in [0.1, 0.15) is 5.75 Å². The maximum Gasteiger partial charge on any atom is 0.235 e. The molecule has 1 atom stereocenters. The molecule has 0 aliphatic rings. The molecular weight excluding hydrogens is 270 g/mol. The molecule has 4 heteroatoms. The van der Waals surface area contributed by atoms with E-state index in [2.05, 4.69) is 27.7 Å². The van der Waals surface area contributed by atoms with Crippen LogP contribution in [0.2, 0.25) is 0 Å². The summed E-state index contributed by atoms with van der Waals surface area (Å²) in [5.74, 6) is 0.893. The minimum absolute atomic E-state index is 0.0189. The average Bonchev–Trinajstić information content (AvgIpc) is 2.37. The van der Waals surface area contributed by atoms with Crippen LogP contribution in [0.1, 0.15) is 27.7 Å². The molecule has 20 heavy (non-hydrogen) atoms. The number of hydrogen-bond acceptors (Lipinski definition) is 2. The van der Waals surface area contributed by atoms with E-state index < -0.39 is 10.8 Å². The van der Waals surface area contributed by atoms with Gasteiger partial charge in [0.05, 0.1) is 10.8 Å². The van der Waals surface area contributed by atoms with Crippen molar-refractivity contribution in [3.05, 3.63) is 30.3 Å². The van der Waals surface area contributed by atoms with Crippen LogP contribution >= 0.6 is 0 Å². The van der Waals surface area contributed by atoms with Gasteiger partial charge in [-0.05, 0) is 24.0 Å². The third kappa shape index (κ3) is 5.87. The van der Waals surface area contributed by atoms with Gasteiger partial charge in [-0.1, -0.05) is 45.9 Å². The van der Waals surface area contributed by atoms with E-state index in [0.29, 0.717) is 11.8 Å². The highest BCUT2D eigenvalue weighted by atomic mass is 32.2. The molecule has 3 nitrogen and oxygen atoms in total. The average molecular weight is 295 g/mol. The molecule has 0 aromatic heterocycles. The summed E-state index contributed by atoms with van der Waals surface area (Å²) in [6.07, 6.45) is 0. The molecule has 0 radical (unpaired) electrons. The molecule has 1 unspecified atom stereocenters. The van der Waals surface area contributed by atoms with Gasteiger partial charge in [-0.15, -0.1) is 0 Å². The Balaban J connectivity index is 2.68. The number of rotatable bonds is 7. The standard InChI is InChI=1S/C16H25NO2S/c1-13(2)10-17(11-14(3)4)16(18)12-20(19)15-8-6-5-7-9-15/h5-9,13-14H,10-12H2,1-4H3. The van der Waals surface area contributed by atoms with Crippen molar-refractivity contribution in [3.63, 3.8) is 0 Å². The van der Waals surface area contributed by atoms with Gasteiger partial charge in [0.15, 0.2) is 0 Å². The van der Waals surface area contributed by atoms with Crippen LogP contribution in [0.3, 0.4) is 0 Å². The second-order valence-corrected chi connectivity index (χ2v) is 7.34. The third-order valence-electron chi connectivity index (χ3n) is 2.78. The summed E-state index contributed by atoms with van der Waals surface area (Å²) in [5.41, 5.74) is 0. The molecule has 1 aromatic rings. The first-order valence-corrected chi connectivity index (χ1v) is 8.43. The highest BCUT2D eigenvalue weighted by Gasteiger charge is 2.19. The number of nitrogens with zero attached hydrogens (tertiary/aromatic N) is 1. The summed E-state index contributed by atoms with van der Waals surface area (Å²) < 4.78 is 12.2. The fourth-order valence-electron chi connectivity index (χ4n) is 2.02. The maximum atomic E-state index is 12.3. The van der Waals surface area contributed by atoms with Crippen LogP contribution in [0.4, 0.5) is 0 Å². The Labute approximate surface area is 124 Å². The number of hydrogen-bond donors (Lipinski definition) is 0. The highest BCUT2D eigenvalue weighted by Crippen LogP contribution is 2.09. The van der Waals surface area contributed by atoms with Crippen molar-refractivity contribution in [1.29, 1.82) is 0 Å². The van der Waals surface area contributed by atoms with Crippen molar-refractivity contribution < 1.29 is 9.00 Å². The summed E-state index contributed by atoms with van der Waals surface area (Å²) in [6, 6.07) is 9.18. The van der Waals surface area contributed by atoms with Crippen LogP contribution < -0.4 is 0 Å². The van der Waals surface area contributed by atoms with Gasteiger partial charge in [-0.3, -0.25) is 9.00 Å². The van der Waals surface area contributed by atoms with Gasteiger partial charge < -0.3 is 4.90 Å². The maximum absolute atomic E-state index is 12.3. The molecule has 0 heterocycles. The minimum Gasteiger partial charge on any atom is -0.341 e. The van der Waals surface area contributed by atoms with Gasteiger partial charge in [-0.2, -0.15) is 0 Å². The quantitative estimate of drug-likeness (QED) is 0.775. The molecule has 0 aliphatic carbocycles. The summed E-state index contributed by atoms with van der Waals surface area (Å²) >= 11 is 0. The first-order chi connectivity index (χ1) is 9.40. The first kappa shape index (κ1) is 16.9. The zero-order chi connectivity index (χ0) is 15.1. The molecule has 1 aromatic carbocycles. The molecule has 0 spiro atoms. The zero-order valence-corrected chi connectivity index (χ0v) is 13.7. The van der Waals surface area contributed by atoms with E-state index in [9.17, 15) is 9.00 Å². The van der Waals surface area contributed by atoms with Crippen molar-refractivity contribution in [1.82, 2.24) is 4.90 Å². The van der Waals surface area contributed by atoms with Crippen LogP contribution in [0.5, 0.6) is 0 Å². The van der Waals surface area contributed by atoms with Crippen LogP contribution in [0.25, 0.3) is 0 Å². The molecular formula is C16H25NO2S. The van der Waals surface area contributed by atoms with Gasteiger partial charge in [-0.25, -0.2) is 0 Å². The van der Waals surface area contributed by atoms with E-state index in [1.807, 2.05) is 23.1 Å². The minimum atomic E-state index is -1.25. The lowest BCUT2D eigenvalue weighted by Crippen LogP contribution is -2.39. The lowest BCUT2D eigenvalue weighted by Gasteiger charge is -2.26. The van der Waals surface area contributed by atoms with Crippen molar-refractivity contribution >= 4 is 16.7 Å². The summed E-state index contributed by atoms with van der Waals surface area (Å²) in [4.78, 5) is 14.9. The summed E-state index contributed by atoms with van der Waals surface area (Å²) in [5, 5.41) is 0. The Morgan fingerprint density at radius 2 is 1.55 bits per heavy atom. The molecule has 1 rings (SSSR count). The van der Waals surface area contributed by atoms with E-state index in [-0.39, 0.29) is 11.7 Å². The lowest BCUT2D eigenvalue weighted by atomic mass is 10.1. The second-order valence-electron chi connectivity index (χ2n) is 5.89. The van der Waals surface area contributed by atoms with Crippen LogP contribution in [-0.4, -0.2) is 33.9 Å². The van der Waals surface area contributed by atoms with Gasteiger partial charge in [0.2, 0.25) is 5.91 Å². The predicted molar refractivity (Wildman–Crippen MR) is 84.0 cm³/mol. The zero-order valence-electron chi connectivity index (χ0n) is 12.8. The van der Waals surface area contributed by atoms with Crippen molar-refractivity contribution in [3.8, 4) is 0 Å². The number of amides is 1. The molecule has 112 valence electrons. The van der Waals surface area contributed by atoms with Gasteiger partial charge in [0.25, 0.3) is 0 Å². The Morgan fingerprint density at radius 3 is 2.00 bits per heavy atom. The molecule has 1 amide bonds.